The van der Waals surface area contributed by atoms with Gasteiger partial charge in [-0.25, -0.2) is 0 Å². The minimum atomic E-state index is -0.150. The van der Waals surface area contributed by atoms with Crippen LogP contribution < -0.4 is 0 Å². The van der Waals surface area contributed by atoms with Crippen LogP contribution in [0.4, 0.5) is 0 Å². The summed E-state index contributed by atoms with van der Waals surface area (Å²) < 4.78 is 4.74. The predicted octanol–water partition coefficient (Wildman–Crippen LogP) is 0.494. The summed E-state index contributed by atoms with van der Waals surface area (Å²) in [5.74, 6) is 0.00675. The summed E-state index contributed by atoms with van der Waals surface area (Å²) in [6.45, 7) is 3.72. The van der Waals surface area contributed by atoms with Crippen molar-refractivity contribution in [2.45, 2.75) is 25.7 Å². The van der Waals surface area contributed by atoms with Gasteiger partial charge in [0.05, 0.1) is 19.6 Å². The van der Waals surface area contributed by atoms with E-state index in [4.69, 9.17) is 4.74 Å². The first kappa shape index (κ1) is 13.3. The number of methoxy groups -OCH3 is 1. The molecule has 0 bridgehead atoms. The van der Waals surface area contributed by atoms with Gasteiger partial charge in [0.2, 0.25) is 5.91 Å². The van der Waals surface area contributed by atoms with Crippen LogP contribution in [-0.4, -0.2) is 61.5 Å². The quantitative estimate of drug-likeness (QED) is 0.688. The van der Waals surface area contributed by atoms with Gasteiger partial charge in [0, 0.05) is 19.6 Å². The fraction of sp³-hybridized carbons (Fsp3) is 0.846. The van der Waals surface area contributed by atoms with Gasteiger partial charge in [0.15, 0.2) is 0 Å². The molecule has 0 aromatic rings. The molecule has 5 heteroatoms. The Morgan fingerprint density at radius 2 is 1.89 bits per heavy atom. The second-order valence-electron chi connectivity index (χ2n) is 5.19. The van der Waals surface area contributed by atoms with Gasteiger partial charge >= 0.3 is 5.97 Å². The molecule has 1 amide bonds. The molecule has 2 saturated heterocycles. The molecule has 2 aliphatic rings. The number of nitrogens with zero attached hydrogens (tertiary/aromatic N) is 2. The third kappa shape index (κ3) is 3.22. The molecule has 1 atom stereocenters. The van der Waals surface area contributed by atoms with Gasteiger partial charge in [-0.15, -0.1) is 0 Å². The normalized spacial score (nSPS) is 25.2. The molecular formula is C13H22N2O3. The average Bonchev–Trinajstić information content (AvgIpc) is 2.87. The standard InChI is InChI=1S/C13H22N2O3/c1-18-13(17)11-5-8-14(9-11)10-12(16)15-6-3-2-4-7-15/h11H,2-10H2,1H3. The number of rotatable bonds is 3. The lowest BCUT2D eigenvalue weighted by atomic mass is 10.1. The van der Waals surface area contributed by atoms with Gasteiger partial charge in [-0.3, -0.25) is 14.5 Å². The van der Waals surface area contributed by atoms with Crippen molar-refractivity contribution in [2.75, 3.05) is 39.8 Å². The van der Waals surface area contributed by atoms with Crippen LogP contribution >= 0.6 is 0 Å². The molecule has 0 spiro atoms. The fourth-order valence-corrected chi connectivity index (χ4v) is 2.77. The molecule has 2 aliphatic heterocycles. The van der Waals surface area contributed by atoms with E-state index >= 15 is 0 Å². The molecular weight excluding hydrogens is 232 g/mol. The number of ether oxygens (including phenoxy) is 1. The van der Waals surface area contributed by atoms with Crippen molar-refractivity contribution < 1.29 is 14.3 Å². The second-order valence-corrected chi connectivity index (χ2v) is 5.19. The maximum absolute atomic E-state index is 12.1. The molecule has 2 fully saturated rings. The Kier molecular flexibility index (Phi) is 4.58. The van der Waals surface area contributed by atoms with Crippen LogP contribution in [0.25, 0.3) is 0 Å². The van der Waals surface area contributed by atoms with Crippen molar-refractivity contribution in [3.05, 3.63) is 0 Å². The number of esters is 1. The summed E-state index contributed by atoms with van der Waals surface area (Å²) in [6, 6.07) is 0. The lowest BCUT2D eigenvalue weighted by molar-refractivity contribution is -0.145. The van der Waals surface area contributed by atoms with Crippen LogP contribution in [0.2, 0.25) is 0 Å². The van der Waals surface area contributed by atoms with Crippen molar-refractivity contribution in [3.8, 4) is 0 Å². The van der Waals surface area contributed by atoms with Gasteiger partial charge in [-0.05, 0) is 32.2 Å². The Morgan fingerprint density at radius 3 is 2.56 bits per heavy atom. The monoisotopic (exact) mass is 254 g/mol. The zero-order valence-corrected chi connectivity index (χ0v) is 11.1. The van der Waals surface area contributed by atoms with E-state index in [0.29, 0.717) is 13.1 Å². The molecule has 0 radical (unpaired) electrons. The molecule has 1 unspecified atom stereocenters. The number of hydrogen-bond donors (Lipinski definition) is 0. The van der Waals surface area contributed by atoms with E-state index in [0.717, 1.165) is 38.9 Å². The predicted molar refractivity (Wildman–Crippen MR) is 67.0 cm³/mol. The highest BCUT2D eigenvalue weighted by Crippen LogP contribution is 2.18. The smallest absolute Gasteiger partial charge is 0.310 e. The summed E-state index contributed by atoms with van der Waals surface area (Å²) in [7, 11) is 1.42. The zero-order valence-electron chi connectivity index (χ0n) is 11.1. The summed E-state index contributed by atoms with van der Waals surface area (Å²) in [5, 5.41) is 0. The van der Waals surface area contributed by atoms with Crippen LogP contribution in [0.1, 0.15) is 25.7 Å². The Labute approximate surface area is 108 Å². The van der Waals surface area contributed by atoms with Crippen molar-refractivity contribution in [3.63, 3.8) is 0 Å². The first-order valence-electron chi connectivity index (χ1n) is 6.78. The highest BCUT2D eigenvalue weighted by atomic mass is 16.5. The molecule has 0 N–H and O–H groups in total. The van der Waals surface area contributed by atoms with Crippen molar-refractivity contribution >= 4 is 11.9 Å². The number of amides is 1. The maximum Gasteiger partial charge on any atom is 0.310 e. The number of piperidine rings is 1. The third-order valence-electron chi connectivity index (χ3n) is 3.87. The minimum Gasteiger partial charge on any atom is -0.469 e. The number of likely N-dealkylation sites (tertiary alicyclic amines) is 2. The summed E-state index contributed by atoms with van der Waals surface area (Å²) >= 11 is 0. The Balaban J connectivity index is 1.76. The topological polar surface area (TPSA) is 49.9 Å². The van der Waals surface area contributed by atoms with Gasteiger partial charge in [-0.1, -0.05) is 0 Å². The molecule has 0 saturated carbocycles. The van der Waals surface area contributed by atoms with Crippen LogP contribution in [0, 0.1) is 5.92 Å². The third-order valence-corrected chi connectivity index (χ3v) is 3.87. The molecule has 5 nitrogen and oxygen atoms in total. The van der Waals surface area contributed by atoms with Crippen molar-refractivity contribution in [1.29, 1.82) is 0 Å². The Bertz CT molecular complexity index is 313. The van der Waals surface area contributed by atoms with E-state index in [2.05, 4.69) is 4.90 Å². The molecule has 0 aromatic carbocycles. The van der Waals surface area contributed by atoms with Gasteiger partial charge in [0.25, 0.3) is 0 Å². The van der Waals surface area contributed by atoms with E-state index in [1.807, 2.05) is 4.90 Å². The van der Waals surface area contributed by atoms with Gasteiger partial charge in [-0.2, -0.15) is 0 Å². The summed E-state index contributed by atoms with van der Waals surface area (Å²) in [4.78, 5) is 27.5. The Morgan fingerprint density at radius 1 is 1.17 bits per heavy atom. The average molecular weight is 254 g/mol. The van der Waals surface area contributed by atoms with Crippen LogP contribution in [0.5, 0.6) is 0 Å². The molecule has 18 heavy (non-hydrogen) atoms. The Hall–Kier alpha value is -1.10. The second kappa shape index (κ2) is 6.18. The van der Waals surface area contributed by atoms with E-state index in [1.54, 1.807) is 0 Å². The summed E-state index contributed by atoms with van der Waals surface area (Å²) in [5.41, 5.74) is 0. The number of carbonyl (C=O) groups is 2. The minimum absolute atomic E-state index is 0.0517. The SMILES string of the molecule is COC(=O)C1CCN(CC(=O)N2CCCCC2)C1. The first-order chi connectivity index (χ1) is 8.70. The van der Waals surface area contributed by atoms with Crippen LogP contribution in [0.15, 0.2) is 0 Å². The largest absolute Gasteiger partial charge is 0.469 e. The molecule has 0 aliphatic carbocycles. The summed E-state index contributed by atoms with van der Waals surface area (Å²) in [6.07, 6.45) is 4.28. The van der Waals surface area contributed by atoms with E-state index in [1.165, 1.54) is 13.5 Å². The highest BCUT2D eigenvalue weighted by molar-refractivity contribution is 5.78. The maximum atomic E-state index is 12.1. The molecule has 2 heterocycles. The molecule has 102 valence electrons. The number of carbonyl (C=O) groups excluding carboxylic acids is 2. The number of hydrogen-bond acceptors (Lipinski definition) is 4. The molecule has 0 aromatic heterocycles. The lowest BCUT2D eigenvalue weighted by Crippen LogP contribution is -2.42. The zero-order chi connectivity index (χ0) is 13.0. The van der Waals surface area contributed by atoms with Crippen molar-refractivity contribution in [2.24, 2.45) is 5.92 Å². The molecule has 2 rings (SSSR count). The van der Waals surface area contributed by atoms with Gasteiger partial charge in [0.1, 0.15) is 0 Å². The first-order valence-corrected chi connectivity index (χ1v) is 6.78. The van der Waals surface area contributed by atoms with E-state index in [-0.39, 0.29) is 17.8 Å². The van der Waals surface area contributed by atoms with E-state index in [9.17, 15) is 9.59 Å². The van der Waals surface area contributed by atoms with Crippen molar-refractivity contribution in [1.82, 2.24) is 9.80 Å². The van der Waals surface area contributed by atoms with Crippen LogP contribution in [0.3, 0.4) is 0 Å². The van der Waals surface area contributed by atoms with E-state index < -0.39 is 0 Å². The highest BCUT2D eigenvalue weighted by Gasteiger charge is 2.30. The fourth-order valence-electron chi connectivity index (χ4n) is 2.77. The lowest BCUT2D eigenvalue weighted by Gasteiger charge is -2.28. The van der Waals surface area contributed by atoms with Crippen LogP contribution in [-0.2, 0) is 14.3 Å². The van der Waals surface area contributed by atoms with Gasteiger partial charge < -0.3 is 9.64 Å².